The van der Waals surface area contributed by atoms with Crippen LogP contribution in [0, 0.1) is 0 Å². The predicted molar refractivity (Wildman–Crippen MR) is 509 cm³/mol. The largest absolute Gasteiger partial charge is 0.509 e. The van der Waals surface area contributed by atoms with Crippen LogP contribution in [0.1, 0.15) is 98.4 Å². The Balaban J connectivity index is 0.889. The molecule has 132 heavy (non-hydrogen) atoms. The highest BCUT2D eigenvalue weighted by Crippen LogP contribution is 2.46. The minimum Gasteiger partial charge on any atom is -0.453 e. The van der Waals surface area contributed by atoms with Crippen molar-refractivity contribution in [3.63, 3.8) is 0 Å². The fraction of sp³-hybridized carbons (Fsp3) is 0.343. The number of esters is 2. The quantitative estimate of drug-likeness (QED) is 0.0127. The summed E-state index contributed by atoms with van der Waals surface area (Å²) < 4.78 is 157. The molecule has 5 aliphatic heterocycles. The number of hydrogen-bond acceptors (Lipinski definition) is 22. The van der Waals surface area contributed by atoms with Crippen LogP contribution in [0.2, 0.25) is 10.1 Å². The summed E-state index contributed by atoms with van der Waals surface area (Å²) in [5, 5.41) is 2.42. The van der Waals surface area contributed by atoms with Crippen LogP contribution in [0.3, 0.4) is 0 Å². The van der Waals surface area contributed by atoms with Crippen LogP contribution in [-0.4, -0.2) is 177 Å². The number of benzene rings is 11. The van der Waals surface area contributed by atoms with Crippen molar-refractivity contribution in [3.8, 4) is 0 Å². The zero-order chi connectivity index (χ0) is 92.0. The molecule has 5 heterocycles. The lowest BCUT2D eigenvalue weighted by atomic mass is 9.96. The Morgan fingerprint density at radius 2 is 0.659 bits per heavy atom. The van der Waals surface area contributed by atoms with Gasteiger partial charge in [0, 0.05) is 0 Å². The van der Waals surface area contributed by atoms with E-state index in [0.717, 1.165) is 43.0 Å². The highest BCUT2D eigenvalue weighted by molar-refractivity contribution is 14.1. The van der Waals surface area contributed by atoms with Gasteiger partial charge >= 0.3 is 18.1 Å². The third-order valence-electron chi connectivity index (χ3n) is 24.7. The van der Waals surface area contributed by atoms with E-state index in [-0.39, 0.29) is 55.7 Å². The van der Waals surface area contributed by atoms with Gasteiger partial charge in [-0.2, -0.15) is 4.72 Å². The maximum atomic E-state index is 15.5. The first kappa shape index (κ1) is 95.3. The zero-order valence-corrected chi connectivity index (χ0v) is 79.8. The standard InChI is InChI=1S/C105H112INO22SSi2/c1-70-86(123-98(108)76-50-28-13-29-51-76)91(113-64-72-42-20-9-21-43-72)94(115-66-74-46-24-11-25-47-74)100(119-70)126-90-85(106)97(107-130(111,112)78-54-32-15-33-55-78)121-83(68-117-131(104(3,4)5,79-56-34-16-35-57-79)80-58-36-17-37-59-80)88(90)125-102-96(93-89(128-103(110)129-93)84(122-102)69-118-132(105(6,7)8,81-60-38-18-39-61-81)82-62-40-19-41-63-82)127-101-95(116-67-75-48-26-12-27-49-75)92(114-65-73-44-22-10-23-45-73)87(71(2)120-101)124-99(109)77-52-30-14-31-53-77/h9-63,70-71,83-97,100-102,107H,64-69H2,1-8H3/t70-,71-,83+,84+,85-,86+,87+,88+,89-,90+,91+,92+,93-,94-,95-,96+,97-,100-,101-,102-/m0/s1. The first-order valence-corrected chi connectivity index (χ1v) is 51.3. The Bertz CT molecular complexity index is 5530. The van der Waals surface area contributed by atoms with E-state index in [4.69, 9.17) is 79.9 Å². The molecule has 0 unspecified atom stereocenters. The lowest BCUT2D eigenvalue weighted by Crippen LogP contribution is -2.71. The molecule has 690 valence electrons. The van der Waals surface area contributed by atoms with E-state index in [1.54, 1.807) is 92.7 Å². The predicted octanol–water partition coefficient (Wildman–Crippen LogP) is 15.7. The number of halogens is 1. The van der Waals surface area contributed by atoms with Crippen LogP contribution in [0.4, 0.5) is 4.79 Å². The number of sulfonamides is 1. The molecule has 11 aromatic carbocycles. The number of hydrogen-bond donors (Lipinski definition) is 1. The summed E-state index contributed by atoms with van der Waals surface area (Å²) in [5.74, 6) is -1.31. The van der Waals surface area contributed by atoms with Gasteiger partial charge in [-0.1, -0.05) is 361 Å². The topological polar surface area (TPSA) is 254 Å². The van der Waals surface area contributed by atoms with Crippen molar-refractivity contribution in [1.82, 2.24) is 4.72 Å². The molecule has 20 atom stereocenters. The Hall–Kier alpha value is -9.82. The lowest BCUT2D eigenvalue weighted by molar-refractivity contribution is -0.382. The molecule has 1 N–H and O–H groups in total. The normalized spacial score (nSPS) is 26.4. The summed E-state index contributed by atoms with van der Waals surface area (Å²) in [6.07, 6.45) is -27.1. The third kappa shape index (κ3) is 21.9. The van der Waals surface area contributed by atoms with Crippen molar-refractivity contribution in [2.45, 2.75) is 217 Å². The van der Waals surface area contributed by atoms with Gasteiger partial charge in [0.15, 0.2) is 49.4 Å². The van der Waals surface area contributed by atoms with Gasteiger partial charge in [0.1, 0.15) is 55.1 Å². The van der Waals surface area contributed by atoms with Crippen LogP contribution >= 0.6 is 22.6 Å². The minimum atomic E-state index is -4.53. The summed E-state index contributed by atoms with van der Waals surface area (Å²) >= 11 is 2.15. The molecular weight excluding hydrogens is 1840 g/mol. The Morgan fingerprint density at radius 1 is 0.356 bits per heavy atom. The maximum Gasteiger partial charge on any atom is 0.509 e. The summed E-state index contributed by atoms with van der Waals surface area (Å²) in [5.41, 5.74) is 3.64. The molecule has 0 amide bonds. The van der Waals surface area contributed by atoms with Crippen molar-refractivity contribution in [2.75, 3.05) is 13.2 Å². The first-order chi connectivity index (χ1) is 63.9. The average molecular weight is 1960 g/mol. The molecule has 5 saturated heterocycles. The van der Waals surface area contributed by atoms with Crippen LogP contribution in [0.15, 0.2) is 339 Å². The van der Waals surface area contributed by atoms with E-state index in [1.807, 2.05) is 194 Å². The minimum absolute atomic E-state index is 0.00159. The molecular formula is C105H112INO22SSi2. The van der Waals surface area contributed by atoms with Crippen molar-refractivity contribution in [1.29, 1.82) is 0 Å². The van der Waals surface area contributed by atoms with Gasteiger partial charge in [-0.3, -0.25) is 0 Å². The molecule has 0 radical (unpaired) electrons. The number of fused-ring (bicyclic) bond motifs is 1. The summed E-state index contributed by atoms with van der Waals surface area (Å²) in [6, 6.07) is 104. The Labute approximate surface area is 787 Å². The summed E-state index contributed by atoms with van der Waals surface area (Å²) in [7, 11) is -11.8. The molecule has 0 bridgehead atoms. The van der Waals surface area contributed by atoms with E-state index in [9.17, 15) is 14.4 Å². The monoisotopic (exact) mass is 1950 g/mol. The molecule has 0 aliphatic carbocycles. The molecule has 16 rings (SSSR count). The molecule has 27 heteroatoms. The number of nitrogens with one attached hydrogen (secondary N) is 1. The number of carbonyl (C=O) groups is 3. The summed E-state index contributed by atoms with van der Waals surface area (Å²) in [6.45, 7) is 15.7. The number of carbonyl (C=O) groups excluding carboxylic acids is 3. The van der Waals surface area contributed by atoms with Crippen molar-refractivity contribution in [3.05, 3.63) is 367 Å². The number of alkyl halides is 1. The molecule has 5 fully saturated rings. The van der Waals surface area contributed by atoms with Crippen molar-refractivity contribution >= 4 is 88.1 Å². The van der Waals surface area contributed by atoms with E-state index in [0.29, 0.717) is 0 Å². The maximum absolute atomic E-state index is 15.5. The second kappa shape index (κ2) is 43.2. The molecule has 23 nitrogen and oxygen atoms in total. The molecule has 0 saturated carbocycles. The van der Waals surface area contributed by atoms with E-state index in [1.165, 1.54) is 12.1 Å². The van der Waals surface area contributed by atoms with Gasteiger partial charge in [-0.05, 0) is 103 Å². The molecule has 11 aromatic rings. The van der Waals surface area contributed by atoms with Gasteiger partial charge in [0.05, 0.1) is 71.8 Å². The average Bonchev–Trinajstić information content (AvgIpc) is 0.848. The van der Waals surface area contributed by atoms with Crippen LogP contribution < -0.4 is 25.5 Å². The second-order valence-corrected chi connectivity index (χ2v) is 47.4. The van der Waals surface area contributed by atoms with E-state index < -0.39 is 175 Å². The Kier molecular flexibility index (Phi) is 31.2. The lowest BCUT2D eigenvalue weighted by Gasteiger charge is -2.52. The second-order valence-electron chi connectivity index (χ2n) is 35.6. The Morgan fingerprint density at radius 3 is 1.02 bits per heavy atom. The SMILES string of the molecule is C[C@@H]1O[C@@H](O[C@@H]2[C@H](I)[C@@H](NS(=O)(=O)c3ccccc3)O[C@H](CO[Si](c3ccccc3)(c3ccccc3)C(C)(C)C)[C@H]2O[C@@H]2O[C@H](CO[Si](c3ccccc3)(c3ccccc3)C(C)(C)C)[C@@H]3OC(=O)O[C@@H]3[C@H]2O[C@@H]2O[C@@H](C)[C@@H](OC(=O)c3ccccc3)[C@@H](OCc3ccccc3)[C@@H]2OCc2ccccc2)[C@@H](OCc2ccccc2)[C@H](OCc2ccccc2)[C@@H]1OC(=O)c1ccccc1. The van der Waals surface area contributed by atoms with E-state index in [2.05, 4.69) is 117 Å². The van der Waals surface area contributed by atoms with Gasteiger partial charge in [-0.25, -0.2) is 22.8 Å². The van der Waals surface area contributed by atoms with Crippen LogP contribution in [0.25, 0.3) is 0 Å². The van der Waals surface area contributed by atoms with Gasteiger partial charge in [0.2, 0.25) is 10.0 Å². The fourth-order valence-electron chi connectivity index (χ4n) is 18.3. The summed E-state index contributed by atoms with van der Waals surface area (Å²) in [4.78, 5) is 44.3. The first-order valence-electron chi connectivity index (χ1n) is 44.7. The fourth-order valence-corrected chi connectivity index (χ4v) is 29.8. The van der Waals surface area contributed by atoms with Gasteiger partial charge < -0.3 is 79.9 Å². The smallest absolute Gasteiger partial charge is 0.453 e. The zero-order valence-electron chi connectivity index (χ0n) is 74.8. The molecule has 0 spiro atoms. The van der Waals surface area contributed by atoms with Crippen molar-refractivity contribution < 1.29 is 103 Å². The highest BCUT2D eigenvalue weighted by Gasteiger charge is 2.63. The molecule has 0 aromatic heterocycles. The van der Waals surface area contributed by atoms with Gasteiger partial charge in [0.25, 0.3) is 16.6 Å². The van der Waals surface area contributed by atoms with Crippen LogP contribution in [0.5, 0.6) is 0 Å². The van der Waals surface area contributed by atoms with Crippen LogP contribution in [-0.2, 0) is 116 Å². The van der Waals surface area contributed by atoms with Crippen molar-refractivity contribution in [2.24, 2.45) is 0 Å². The highest BCUT2D eigenvalue weighted by atomic mass is 127. The third-order valence-corrected chi connectivity index (χ3v) is 37.5. The van der Waals surface area contributed by atoms with Gasteiger partial charge in [-0.15, -0.1) is 0 Å². The number of ether oxygens (including phenoxy) is 15. The number of rotatable bonds is 35. The van der Waals surface area contributed by atoms with E-state index >= 15 is 8.42 Å². The molecule has 5 aliphatic rings.